The van der Waals surface area contributed by atoms with Crippen LogP contribution in [0.2, 0.25) is 0 Å². The van der Waals surface area contributed by atoms with Gasteiger partial charge in [0.05, 0.1) is 0 Å². The highest BCUT2D eigenvalue weighted by Gasteiger charge is 2.12. The highest BCUT2D eigenvalue weighted by Crippen LogP contribution is 2.18. The lowest BCUT2D eigenvalue weighted by Crippen LogP contribution is -2.14. The summed E-state index contributed by atoms with van der Waals surface area (Å²) in [6, 6.07) is 21.8. The third-order valence-corrected chi connectivity index (χ3v) is 4.27. The van der Waals surface area contributed by atoms with Gasteiger partial charge in [-0.3, -0.25) is 9.59 Å². The zero-order chi connectivity index (χ0) is 17.8. The van der Waals surface area contributed by atoms with Crippen molar-refractivity contribution in [2.24, 2.45) is 0 Å². The lowest BCUT2D eigenvalue weighted by molar-refractivity contribution is 0.102. The number of ketones is 1. The first-order chi connectivity index (χ1) is 12.1. The van der Waals surface area contributed by atoms with Crippen molar-refractivity contribution >= 4 is 17.4 Å². The number of anilines is 1. The van der Waals surface area contributed by atoms with E-state index in [1.165, 1.54) is 0 Å². The van der Waals surface area contributed by atoms with E-state index in [2.05, 4.69) is 5.32 Å². The van der Waals surface area contributed by atoms with Crippen LogP contribution in [0, 0.1) is 13.8 Å². The van der Waals surface area contributed by atoms with Crippen molar-refractivity contribution in [1.29, 1.82) is 0 Å². The SMILES string of the molecule is Cc1cccc(C(=O)Nc2cccc(C(=O)c3ccccc3)c2)c1C. The number of hydrogen-bond donors (Lipinski definition) is 1. The Morgan fingerprint density at radius 2 is 1.44 bits per heavy atom. The minimum atomic E-state index is -0.175. The fourth-order valence-electron chi connectivity index (χ4n) is 2.69. The summed E-state index contributed by atoms with van der Waals surface area (Å²) in [5.74, 6) is -0.242. The molecule has 0 aromatic heterocycles. The number of amides is 1. The van der Waals surface area contributed by atoms with Gasteiger partial charge in [-0.2, -0.15) is 0 Å². The predicted molar refractivity (Wildman–Crippen MR) is 100 cm³/mol. The molecule has 1 N–H and O–H groups in total. The molecule has 0 aliphatic heterocycles. The second-order valence-corrected chi connectivity index (χ2v) is 5.98. The summed E-state index contributed by atoms with van der Waals surface area (Å²) < 4.78 is 0. The van der Waals surface area contributed by atoms with E-state index in [0.717, 1.165) is 11.1 Å². The van der Waals surface area contributed by atoms with Gasteiger partial charge in [0.25, 0.3) is 5.91 Å². The predicted octanol–water partition coefficient (Wildman–Crippen LogP) is 4.79. The van der Waals surface area contributed by atoms with Crippen LogP contribution < -0.4 is 5.32 Å². The number of aryl methyl sites for hydroxylation is 1. The number of benzene rings is 3. The van der Waals surface area contributed by atoms with Crippen LogP contribution in [0.15, 0.2) is 72.8 Å². The van der Waals surface area contributed by atoms with Crippen LogP contribution in [-0.2, 0) is 0 Å². The zero-order valence-electron chi connectivity index (χ0n) is 14.2. The number of carbonyl (C=O) groups is 2. The van der Waals surface area contributed by atoms with Crippen LogP contribution in [-0.4, -0.2) is 11.7 Å². The Hall–Kier alpha value is -3.20. The second-order valence-electron chi connectivity index (χ2n) is 5.98. The molecule has 3 rings (SSSR count). The van der Waals surface area contributed by atoms with Crippen molar-refractivity contribution in [3.05, 3.63) is 101 Å². The van der Waals surface area contributed by atoms with Gasteiger partial charge in [-0.1, -0.05) is 54.6 Å². The first-order valence-corrected chi connectivity index (χ1v) is 8.13. The highest BCUT2D eigenvalue weighted by atomic mass is 16.1. The lowest BCUT2D eigenvalue weighted by atomic mass is 10.0. The maximum Gasteiger partial charge on any atom is 0.255 e. The fourth-order valence-corrected chi connectivity index (χ4v) is 2.69. The van der Waals surface area contributed by atoms with Gasteiger partial charge in [0.1, 0.15) is 0 Å². The fraction of sp³-hybridized carbons (Fsp3) is 0.0909. The topological polar surface area (TPSA) is 46.2 Å². The van der Waals surface area contributed by atoms with Crippen molar-refractivity contribution in [2.75, 3.05) is 5.32 Å². The molecule has 3 heteroatoms. The average Bonchev–Trinajstić information content (AvgIpc) is 2.64. The van der Waals surface area contributed by atoms with Crippen molar-refractivity contribution in [2.45, 2.75) is 13.8 Å². The molecule has 3 aromatic rings. The molecule has 25 heavy (non-hydrogen) atoms. The van der Waals surface area contributed by atoms with Gasteiger partial charge >= 0.3 is 0 Å². The Morgan fingerprint density at radius 1 is 0.760 bits per heavy atom. The summed E-state index contributed by atoms with van der Waals surface area (Å²) >= 11 is 0. The quantitative estimate of drug-likeness (QED) is 0.700. The highest BCUT2D eigenvalue weighted by molar-refractivity contribution is 6.10. The Balaban J connectivity index is 1.84. The molecule has 3 nitrogen and oxygen atoms in total. The van der Waals surface area contributed by atoms with Crippen LogP contribution in [0.3, 0.4) is 0 Å². The van der Waals surface area contributed by atoms with E-state index in [0.29, 0.717) is 22.4 Å². The first-order valence-electron chi connectivity index (χ1n) is 8.13. The standard InChI is InChI=1S/C22H19NO2/c1-15-8-6-13-20(16(15)2)22(25)23-19-12-7-11-18(14-19)21(24)17-9-4-3-5-10-17/h3-14H,1-2H3,(H,23,25). The molecule has 0 heterocycles. The minimum absolute atomic E-state index is 0.0663. The monoisotopic (exact) mass is 329 g/mol. The Morgan fingerprint density at radius 3 is 2.20 bits per heavy atom. The Labute approximate surface area is 147 Å². The van der Waals surface area contributed by atoms with E-state index in [1.807, 2.05) is 44.2 Å². The number of carbonyl (C=O) groups excluding carboxylic acids is 2. The molecule has 124 valence electrons. The van der Waals surface area contributed by atoms with Crippen LogP contribution in [0.5, 0.6) is 0 Å². The van der Waals surface area contributed by atoms with E-state index in [9.17, 15) is 9.59 Å². The van der Waals surface area contributed by atoms with Crippen LogP contribution >= 0.6 is 0 Å². The number of rotatable bonds is 4. The van der Waals surface area contributed by atoms with Crippen LogP contribution in [0.1, 0.15) is 37.4 Å². The second kappa shape index (κ2) is 7.14. The molecule has 0 fully saturated rings. The van der Waals surface area contributed by atoms with Crippen molar-refractivity contribution in [3.8, 4) is 0 Å². The number of hydrogen-bond acceptors (Lipinski definition) is 2. The lowest BCUT2D eigenvalue weighted by Gasteiger charge is -2.10. The molecular formula is C22H19NO2. The summed E-state index contributed by atoms with van der Waals surface area (Å²) in [6.07, 6.45) is 0. The van der Waals surface area contributed by atoms with E-state index < -0.39 is 0 Å². The van der Waals surface area contributed by atoms with Gasteiger partial charge in [-0.25, -0.2) is 0 Å². The summed E-state index contributed by atoms with van der Waals surface area (Å²) in [5, 5.41) is 2.88. The Bertz CT molecular complexity index is 930. The zero-order valence-corrected chi connectivity index (χ0v) is 14.2. The van der Waals surface area contributed by atoms with Gasteiger partial charge in [0, 0.05) is 22.4 Å². The molecule has 0 spiro atoms. The largest absolute Gasteiger partial charge is 0.322 e. The Kier molecular flexibility index (Phi) is 4.75. The van der Waals surface area contributed by atoms with Crippen molar-refractivity contribution < 1.29 is 9.59 Å². The summed E-state index contributed by atoms with van der Waals surface area (Å²) in [4.78, 5) is 25.1. The minimum Gasteiger partial charge on any atom is -0.322 e. The normalized spacial score (nSPS) is 10.3. The van der Waals surface area contributed by atoms with Gasteiger partial charge in [0.15, 0.2) is 5.78 Å². The molecule has 0 atom stereocenters. The summed E-state index contributed by atoms with van der Waals surface area (Å²) in [5.41, 5.74) is 4.44. The molecule has 0 aliphatic carbocycles. The molecule has 0 saturated carbocycles. The van der Waals surface area contributed by atoms with E-state index in [-0.39, 0.29) is 11.7 Å². The molecule has 0 saturated heterocycles. The first kappa shape index (κ1) is 16.7. The van der Waals surface area contributed by atoms with Crippen molar-refractivity contribution in [3.63, 3.8) is 0 Å². The molecule has 1 amide bonds. The van der Waals surface area contributed by atoms with Crippen LogP contribution in [0.25, 0.3) is 0 Å². The molecule has 3 aromatic carbocycles. The van der Waals surface area contributed by atoms with Gasteiger partial charge < -0.3 is 5.32 Å². The van der Waals surface area contributed by atoms with Gasteiger partial charge in [-0.05, 0) is 43.2 Å². The van der Waals surface area contributed by atoms with Gasteiger partial charge in [0.2, 0.25) is 0 Å². The van der Waals surface area contributed by atoms with Crippen LogP contribution in [0.4, 0.5) is 5.69 Å². The third-order valence-electron chi connectivity index (χ3n) is 4.27. The molecule has 0 bridgehead atoms. The summed E-state index contributed by atoms with van der Waals surface area (Å²) in [6.45, 7) is 3.91. The molecule has 0 aliphatic rings. The van der Waals surface area contributed by atoms with E-state index in [4.69, 9.17) is 0 Å². The molecular weight excluding hydrogens is 310 g/mol. The van der Waals surface area contributed by atoms with E-state index >= 15 is 0 Å². The summed E-state index contributed by atoms with van der Waals surface area (Å²) in [7, 11) is 0. The van der Waals surface area contributed by atoms with Crippen molar-refractivity contribution in [1.82, 2.24) is 0 Å². The average molecular weight is 329 g/mol. The van der Waals surface area contributed by atoms with E-state index in [1.54, 1.807) is 42.5 Å². The maximum absolute atomic E-state index is 12.5. The smallest absolute Gasteiger partial charge is 0.255 e. The number of nitrogens with one attached hydrogen (secondary N) is 1. The van der Waals surface area contributed by atoms with Gasteiger partial charge in [-0.15, -0.1) is 0 Å². The molecule has 0 radical (unpaired) electrons. The third kappa shape index (κ3) is 3.66. The molecule has 0 unspecified atom stereocenters. The maximum atomic E-state index is 12.5.